The summed E-state index contributed by atoms with van der Waals surface area (Å²) in [6.07, 6.45) is 4.30. The number of benzene rings is 1. The van der Waals surface area contributed by atoms with Crippen molar-refractivity contribution in [2.45, 2.75) is 51.1 Å². The normalized spacial score (nSPS) is 28.0. The summed E-state index contributed by atoms with van der Waals surface area (Å²) in [5.41, 5.74) is -0.549. The molecule has 1 heterocycles. The maximum atomic E-state index is 12.9. The molecule has 7 heteroatoms. The van der Waals surface area contributed by atoms with E-state index in [1.807, 2.05) is 0 Å². The molecule has 3 atom stereocenters. The minimum Gasteiger partial charge on any atom is -0.497 e. The van der Waals surface area contributed by atoms with Crippen molar-refractivity contribution in [2.75, 3.05) is 13.7 Å². The Balaban J connectivity index is 1.68. The Hall–Kier alpha value is -2.57. The third kappa shape index (κ3) is 3.77. The van der Waals surface area contributed by atoms with Gasteiger partial charge in [-0.15, -0.1) is 0 Å². The van der Waals surface area contributed by atoms with Crippen molar-refractivity contribution in [3.8, 4) is 5.75 Å². The molecule has 1 aromatic rings. The Morgan fingerprint density at radius 1 is 1.26 bits per heavy atom. The fourth-order valence-electron chi connectivity index (χ4n) is 3.89. The second kappa shape index (κ2) is 7.58. The maximum Gasteiger partial charge on any atom is 0.325 e. The molecule has 1 aliphatic heterocycles. The zero-order valence-corrected chi connectivity index (χ0v) is 16.1. The zero-order chi connectivity index (χ0) is 19.6. The summed E-state index contributed by atoms with van der Waals surface area (Å²) in [4.78, 5) is 38.7. The average Bonchev–Trinajstić information content (AvgIpc) is 2.88. The molecule has 3 rings (SSSR count). The van der Waals surface area contributed by atoms with Crippen molar-refractivity contribution >= 4 is 17.8 Å². The molecule has 0 spiro atoms. The minimum atomic E-state index is -1.19. The lowest BCUT2D eigenvalue weighted by Crippen LogP contribution is -2.47. The second-order valence-corrected chi connectivity index (χ2v) is 7.61. The van der Waals surface area contributed by atoms with Crippen LogP contribution in [0.3, 0.4) is 0 Å². The van der Waals surface area contributed by atoms with E-state index in [4.69, 9.17) is 4.74 Å². The van der Waals surface area contributed by atoms with E-state index < -0.39 is 17.5 Å². The molecule has 0 aromatic heterocycles. The first-order chi connectivity index (χ1) is 12.8. The first-order valence-electron chi connectivity index (χ1n) is 9.43. The van der Waals surface area contributed by atoms with Crippen molar-refractivity contribution < 1.29 is 19.1 Å². The quantitative estimate of drug-likeness (QED) is 0.774. The molecule has 2 N–H and O–H groups in total. The summed E-state index contributed by atoms with van der Waals surface area (Å²) in [6.45, 7) is 3.51. The summed E-state index contributed by atoms with van der Waals surface area (Å²) in [5, 5.41) is 5.71. The van der Waals surface area contributed by atoms with E-state index in [1.54, 1.807) is 38.3 Å². The third-order valence-corrected chi connectivity index (χ3v) is 5.70. The predicted octanol–water partition coefficient (Wildman–Crippen LogP) is 2.16. The molecule has 146 valence electrons. The molecule has 1 saturated heterocycles. The lowest BCUT2D eigenvalue weighted by Gasteiger charge is -2.30. The van der Waals surface area contributed by atoms with Crippen LogP contribution in [0.4, 0.5) is 4.79 Å². The number of carbonyl (C=O) groups is 3. The summed E-state index contributed by atoms with van der Waals surface area (Å²) >= 11 is 0. The van der Waals surface area contributed by atoms with Crippen molar-refractivity contribution in [1.82, 2.24) is 15.5 Å². The highest BCUT2D eigenvalue weighted by Gasteiger charge is 2.49. The molecule has 1 aliphatic carbocycles. The number of hydrogen-bond donors (Lipinski definition) is 2. The second-order valence-electron chi connectivity index (χ2n) is 7.61. The summed E-state index contributed by atoms with van der Waals surface area (Å²) < 4.78 is 5.13. The Morgan fingerprint density at radius 3 is 2.56 bits per heavy atom. The van der Waals surface area contributed by atoms with Crippen LogP contribution in [0, 0.1) is 5.92 Å². The zero-order valence-electron chi connectivity index (χ0n) is 16.1. The molecule has 27 heavy (non-hydrogen) atoms. The van der Waals surface area contributed by atoms with Crippen LogP contribution in [-0.2, 0) is 15.1 Å². The Labute approximate surface area is 159 Å². The van der Waals surface area contributed by atoms with Gasteiger partial charge in [0.1, 0.15) is 17.8 Å². The number of nitrogens with zero attached hydrogens (tertiary/aromatic N) is 1. The highest BCUT2D eigenvalue weighted by Crippen LogP contribution is 2.30. The SMILES string of the molecule is COc1ccc([C@]2(C)NC(=O)N(CC(=O)N[C@H]3CCCC[C@@H]3C)C2=O)cc1. The highest BCUT2D eigenvalue weighted by atomic mass is 16.5. The molecule has 1 aromatic carbocycles. The van der Waals surface area contributed by atoms with Gasteiger partial charge in [-0.25, -0.2) is 4.79 Å². The van der Waals surface area contributed by atoms with E-state index in [0.29, 0.717) is 17.2 Å². The van der Waals surface area contributed by atoms with Gasteiger partial charge in [-0.05, 0) is 43.4 Å². The summed E-state index contributed by atoms with van der Waals surface area (Å²) in [6, 6.07) is 6.51. The van der Waals surface area contributed by atoms with Gasteiger partial charge in [0, 0.05) is 6.04 Å². The fourth-order valence-corrected chi connectivity index (χ4v) is 3.89. The molecule has 1 saturated carbocycles. The van der Waals surface area contributed by atoms with Crippen LogP contribution in [-0.4, -0.2) is 42.4 Å². The number of hydrogen-bond acceptors (Lipinski definition) is 4. The number of rotatable bonds is 5. The molecule has 4 amide bonds. The van der Waals surface area contributed by atoms with Gasteiger partial charge in [0.25, 0.3) is 5.91 Å². The van der Waals surface area contributed by atoms with Crippen LogP contribution in [0.1, 0.15) is 45.1 Å². The first kappa shape index (κ1) is 19.2. The summed E-state index contributed by atoms with van der Waals surface area (Å²) in [7, 11) is 1.56. The van der Waals surface area contributed by atoms with E-state index in [0.717, 1.165) is 24.2 Å². The number of methoxy groups -OCH3 is 1. The fraction of sp³-hybridized carbons (Fsp3) is 0.550. The van der Waals surface area contributed by atoms with Crippen LogP contribution in [0.2, 0.25) is 0 Å². The van der Waals surface area contributed by atoms with E-state index in [2.05, 4.69) is 17.6 Å². The van der Waals surface area contributed by atoms with Crippen molar-refractivity contribution in [1.29, 1.82) is 0 Å². The Morgan fingerprint density at radius 2 is 1.93 bits per heavy atom. The van der Waals surface area contributed by atoms with Gasteiger partial charge >= 0.3 is 6.03 Å². The van der Waals surface area contributed by atoms with Gasteiger partial charge in [-0.2, -0.15) is 0 Å². The molecule has 2 fully saturated rings. The van der Waals surface area contributed by atoms with Crippen molar-refractivity contribution in [2.24, 2.45) is 5.92 Å². The number of nitrogens with one attached hydrogen (secondary N) is 2. The van der Waals surface area contributed by atoms with Crippen LogP contribution in [0.25, 0.3) is 0 Å². The van der Waals surface area contributed by atoms with Gasteiger partial charge < -0.3 is 15.4 Å². The number of ether oxygens (including phenoxy) is 1. The predicted molar refractivity (Wildman–Crippen MR) is 100 cm³/mol. The monoisotopic (exact) mass is 373 g/mol. The van der Waals surface area contributed by atoms with E-state index >= 15 is 0 Å². The van der Waals surface area contributed by atoms with Gasteiger partial charge in [0.15, 0.2) is 0 Å². The lowest BCUT2D eigenvalue weighted by atomic mass is 9.86. The third-order valence-electron chi connectivity index (χ3n) is 5.70. The van der Waals surface area contributed by atoms with Crippen LogP contribution in [0.5, 0.6) is 5.75 Å². The van der Waals surface area contributed by atoms with E-state index in [9.17, 15) is 14.4 Å². The van der Waals surface area contributed by atoms with Crippen molar-refractivity contribution in [3.63, 3.8) is 0 Å². The molecular weight excluding hydrogens is 346 g/mol. The van der Waals surface area contributed by atoms with Gasteiger partial charge in [-0.1, -0.05) is 31.9 Å². The maximum absolute atomic E-state index is 12.9. The number of imide groups is 1. The molecule has 2 aliphatic rings. The van der Waals surface area contributed by atoms with Crippen molar-refractivity contribution in [3.05, 3.63) is 29.8 Å². The molecule has 0 unspecified atom stereocenters. The minimum absolute atomic E-state index is 0.111. The molecular formula is C20H27N3O4. The van der Waals surface area contributed by atoms with Crippen LogP contribution >= 0.6 is 0 Å². The molecule has 0 bridgehead atoms. The average molecular weight is 373 g/mol. The first-order valence-corrected chi connectivity index (χ1v) is 9.43. The standard InChI is InChI=1S/C20H27N3O4/c1-13-6-4-5-7-16(13)21-17(24)12-23-18(25)20(2,22-19(23)26)14-8-10-15(27-3)11-9-14/h8-11,13,16H,4-7,12H2,1-3H3,(H,21,24)(H,22,26)/t13-,16-,20-/m0/s1. The number of urea groups is 1. The van der Waals surface area contributed by atoms with Crippen LogP contribution < -0.4 is 15.4 Å². The van der Waals surface area contributed by atoms with Crippen LogP contribution in [0.15, 0.2) is 24.3 Å². The Bertz CT molecular complexity index is 733. The topological polar surface area (TPSA) is 87.7 Å². The van der Waals surface area contributed by atoms with Gasteiger partial charge in [-0.3, -0.25) is 14.5 Å². The van der Waals surface area contributed by atoms with E-state index in [1.165, 1.54) is 6.42 Å². The number of carbonyl (C=O) groups excluding carboxylic acids is 3. The van der Waals surface area contributed by atoms with E-state index in [-0.39, 0.29) is 18.5 Å². The lowest BCUT2D eigenvalue weighted by molar-refractivity contribution is -0.135. The van der Waals surface area contributed by atoms with Gasteiger partial charge in [0.05, 0.1) is 7.11 Å². The Kier molecular flexibility index (Phi) is 5.39. The van der Waals surface area contributed by atoms with Gasteiger partial charge in [0.2, 0.25) is 5.91 Å². The molecule has 7 nitrogen and oxygen atoms in total. The molecule has 0 radical (unpaired) electrons. The number of amides is 4. The smallest absolute Gasteiger partial charge is 0.325 e. The summed E-state index contributed by atoms with van der Waals surface area (Å²) in [5.74, 6) is 0.355. The largest absolute Gasteiger partial charge is 0.497 e. The highest BCUT2D eigenvalue weighted by molar-refractivity contribution is 6.09.